The lowest BCUT2D eigenvalue weighted by Gasteiger charge is -2.08. The highest BCUT2D eigenvalue weighted by molar-refractivity contribution is 5.95. The Bertz CT molecular complexity index is 318. The topological polar surface area (TPSA) is 12.4 Å². The summed E-state index contributed by atoms with van der Waals surface area (Å²) >= 11 is 0. The van der Waals surface area contributed by atoms with Gasteiger partial charge in [0.2, 0.25) is 0 Å². The minimum absolute atomic E-state index is 0.449. The summed E-state index contributed by atoms with van der Waals surface area (Å²) in [5.74, 6) is 0.449. The highest BCUT2D eigenvalue weighted by Crippen LogP contribution is 2.13. The molecule has 0 aliphatic carbocycles. The van der Waals surface area contributed by atoms with E-state index in [4.69, 9.17) is 0 Å². The molecule has 1 nitrogen and oxygen atoms in total. The lowest BCUT2D eigenvalue weighted by Crippen LogP contribution is -1.99. The van der Waals surface area contributed by atoms with Gasteiger partial charge in [0, 0.05) is 12.8 Å². The van der Waals surface area contributed by atoms with E-state index in [1.807, 2.05) is 14.0 Å². The molecule has 0 spiro atoms. The van der Waals surface area contributed by atoms with Crippen molar-refractivity contribution in [3.8, 4) is 0 Å². The van der Waals surface area contributed by atoms with E-state index in [9.17, 15) is 0 Å². The number of hydrogen-bond acceptors (Lipinski definition) is 1. The first-order valence-electron chi connectivity index (χ1n) is 6.48. The first kappa shape index (κ1) is 15.9. The Kier molecular flexibility index (Phi) is 8.39. The second-order valence-electron chi connectivity index (χ2n) is 4.70. The van der Waals surface area contributed by atoms with Gasteiger partial charge < -0.3 is 0 Å². The van der Waals surface area contributed by atoms with Gasteiger partial charge in [0.05, 0.1) is 0 Å². The van der Waals surface area contributed by atoms with Gasteiger partial charge in [-0.15, -0.1) is 0 Å². The van der Waals surface area contributed by atoms with E-state index in [1.54, 1.807) is 0 Å². The number of rotatable bonds is 7. The maximum atomic E-state index is 4.34. The van der Waals surface area contributed by atoms with Gasteiger partial charge in [-0.05, 0) is 38.7 Å². The van der Waals surface area contributed by atoms with Crippen molar-refractivity contribution in [2.24, 2.45) is 10.9 Å². The van der Waals surface area contributed by atoms with Crippen LogP contribution in [0.25, 0.3) is 0 Å². The Morgan fingerprint density at radius 3 is 2.47 bits per heavy atom. The Morgan fingerprint density at radius 1 is 1.35 bits per heavy atom. The summed E-state index contributed by atoms with van der Waals surface area (Å²) in [5, 5.41) is 0. The summed E-state index contributed by atoms with van der Waals surface area (Å²) in [7, 11) is 1.88. The van der Waals surface area contributed by atoms with Gasteiger partial charge in [0.25, 0.3) is 0 Å². The highest BCUT2D eigenvalue weighted by atomic mass is 14.7. The van der Waals surface area contributed by atoms with Crippen LogP contribution in [-0.4, -0.2) is 12.8 Å². The molecule has 0 aromatic heterocycles. The second-order valence-corrected chi connectivity index (χ2v) is 4.70. The Balaban J connectivity index is 4.54. The van der Waals surface area contributed by atoms with E-state index in [2.05, 4.69) is 50.6 Å². The second kappa shape index (κ2) is 8.98. The van der Waals surface area contributed by atoms with Gasteiger partial charge in [0.15, 0.2) is 0 Å². The Morgan fingerprint density at radius 2 is 2.00 bits per heavy atom. The van der Waals surface area contributed by atoms with Gasteiger partial charge in [-0.2, -0.15) is 0 Å². The summed E-state index contributed by atoms with van der Waals surface area (Å²) in [5.41, 5.74) is 3.67. The first-order valence-corrected chi connectivity index (χ1v) is 6.48. The molecule has 0 bridgehead atoms. The van der Waals surface area contributed by atoms with Crippen molar-refractivity contribution >= 4 is 5.71 Å². The predicted octanol–water partition coefficient (Wildman–Crippen LogP) is 4.96. The molecule has 0 aromatic carbocycles. The Hall–Kier alpha value is -1.11. The van der Waals surface area contributed by atoms with Crippen LogP contribution >= 0.6 is 0 Å². The van der Waals surface area contributed by atoms with Crippen LogP contribution in [0.15, 0.2) is 40.9 Å². The molecule has 0 aliphatic rings. The maximum Gasteiger partial charge on any atom is 0.0344 e. The smallest absolute Gasteiger partial charge is 0.0344 e. The molecule has 0 N–H and O–H groups in total. The molecular weight excluding hydrogens is 206 g/mol. The number of nitrogens with zero attached hydrogens (tertiary/aromatic N) is 1. The van der Waals surface area contributed by atoms with Gasteiger partial charge in [-0.1, -0.05) is 50.1 Å². The summed E-state index contributed by atoms with van der Waals surface area (Å²) in [6, 6.07) is 0. The van der Waals surface area contributed by atoms with Crippen molar-refractivity contribution in [1.82, 2.24) is 0 Å². The minimum Gasteiger partial charge on any atom is -0.293 e. The van der Waals surface area contributed by atoms with Gasteiger partial charge in [-0.25, -0.2) is 0 Å². The normalized spacial score (nSPS) is 15.4. The van der Waals surface area contributed by atoms with Crippen molar-refractivity contribution < 1.29 is 0 Å². The Labute approximate surface area is 107 Å². The number of aliphatic imine (C=N–C) groups is 1. The van der Waals surface area contributed by atoms with Crippen LogP contribution in [0, 0.1) is 5.92 Å². The lowest BCUT2D eigenvalue weighted by molar-refractivity contribution is 0.830. The maximum absolute atomic E-state index is 4.34. The van der Waals surface area contributed by atoms with Crippen LogP contribution in [0.4, 0.5) is 0 Å². The molecular formula is C16H27N. The molecule has 0 radical (unpaired) electrons. The molecule has 0 aromatic rings. The van der Waals surface area contributed by atoms with E-state index in [1.165, 1.54) is 24.1 Å². The molecule has 0 heterocycles. The third-order valence-electron chi connectivity index (χ3n) is 2.86. The average molecular weight is 233 g/mol. The van der Waals surface area contributed by atoms with E-state index in [0.717, 1.165) is 12.0 Å². The molecule has 96 valence electrons. The first-order chi connectivity index (χ1) is 8.01. The van der Waals surface area contributed by atoms with Crippen LogP contribution in [0.3, 0.4) is 0 Å². The van der Waals surface area contributed by atoms with Gasteiger partial charge >= 0.3 is 0 Å². The molecule has 1 heteroatoms. The molecule has 0 fully saturated rings. The van der Waals surface area contributed by atoms with Crippen LogP contribution in [0.5, 0.6) is 0 Å². The fourth-order valence-electron chi connectivity index (χ4n) is 1.46. The molecule has 1 atom stereocenters. The van der Waals surface area contributed by atoms with Crippen LogP contribution in [0.2, 0.25) is 0 Å². The molecule has 0 amide bonds. The SMILES string of the molecule is C=C(C)/C=C\C(C)/C(C)=C\C(CCCC)=NC. The average Bonchev–Trinajstić information content (AvgIpc) is 2.30. The molecule has 0 saturated heterocycles. The van der Waals surface area contributed by atoms with E-state index < -0.39 is 0 Å². The molecule has 0 saturated carbocycles. The molecule has 0 rings (SSSR count). The zero-order chi connectivity index (χ0) is 13.3. The van der Waals surface area contributed by atoms with Crippen molar-refractivity contribution in [3.05, 3.63) is 36.0 Å². The predicted molar refractivity (Wildman–Crippen MR) is 79.8 cm³/mol. The van der Waals surface area contributed by atoms with Crippen LogP contribution < -0.4 is 0 Å². The summed E-state index contributed by atoms with van der Waals surface area (Å²) in [4.78, 5) is 4.34. The fraction of sp³-hybridized carbons (Fsp3) is 0.562. The van der Waals surface area contributed by atoms with Crippen LogP contribution in [-0.2, 0) is 0 Å². The van der Waals surface area contributed by atoms with Crippen molar-refractivity contribution in [2.45, 2.75) is 47.0 Å². The fourth-order valence-corrected chi connectivity index (χ4v) is 1.46. The number of unbranched alkanes of at least 4 members (excludes halogenated alkanes) is 1. The number of allylic oxidation sites excluding steroid dienone is 5. The summed E-state index contributed by atoms with van der Waals surface area (Å²) < 4.78 is 0. The minimum atomic E-state index is 0.449. The van der Waals surface area contributed by atoms with E-state index in [-0.39, 0.29) is 0 Å². The van der Waals surface area contributed by atoms with Crippen molar-refractivity contribution in [2.75, 3.05) is 7.05 Å². The molecule has 1 unspecified atom stereocenters. The molecule has 0 aliphatic heterocycles. The number of hydrogen-bond donors (Lipinski definition) is 0. The summed E-state index contributed by atoms with van der Waals surface area (Å²) in [6.07, 6.45) is 10.0. The van der Waals surface area contributed by atoms with Gasteiger partial charge in [-0.3, -0.25) is 4.99 Å². The molecule has 17 heavy (non-hydrogen) atoms. The van der Waals surface area contributed by atoms with Crippen molar-refractivity contribution in [1.29, 1.82) is 0 Å². The largest absolute Gasteiger partial charge is 0.293 e. The zero-order valence-electron chi connectivity index (χ0n) is 12.1. The van der Waals surface area contributed by atoms with Crippen molar-refractivity contribution in [3.63, 3.8) is 0 Å². The van der Waals surface area contributed by atoms with Crippen LogP contribution in [0.1, 0.15) is 47.0 Å². The van der Waals surface area contributed by atoms with Gasteiger partial charge in [0.1, 0.15) is 0 Å². The third-order valence-corrected chi connectivity index (χ3v) is 2.86. The van der Waals surface area contributed by atoms with E-state index >= 15 is 0 Å². The lowest BCUT2D eigenvalue weighted by atomic mass is 9.99. The highest BCUT2D eigenvalue weighted by Gasteiger charge is 2.01. The monoisotopic (exact) mass is 233 g/mol. The van der Waals surface area contributed by atoms with E-state index in [0.29, 0.717) is 5.92 Å². The standard InChI is InChI=1S/C16H27N/c1-7-8-9-16(17-6)12-15(5)14(4)11-10-13(2)3/h10-12,14H,2,7-9H2,1,3-6H3/b11-10-,15-12-,17-16?. The third kappa shape index (κ3) is 7.73. The summed E-state index contributed by atoms with van der Waals surface area (Å²) in [6.45, 7) is 12.5. The zero-order valence-corrected chi connectivity index (χ0v) is 12.1. The quantitative estimate of drug-likeness (QED) is 0.435.